The van der Waals surface area contributed by atoms with Crippen molar-refractivity contribution in [1.29, 1.82) is 0 Å². The van der Waals surface area contributed by atoms with Gasteiger partial charge in [0, 0.05) is 28.9 Å². The van der Waals surface area contributed by atoms with Crippen molar-refractivity contribution in [3.05, 3.63) is 75.9 Å². The lowest BCUT2D eigenvalue weighted by Gasteiger charge is -2.19. The number of rotatable bonds is 5. The van der Waals surface area contributed by atoms with E-state index in [1.165, 1.54) is 0 Å². The number of nitrogens with one attached hydrogen (secondary N) is 2. The zero-order valence-electron chi connectivity index (χ0n) is 20.4. The number of carbonyl (C=O) groups is 1. The zero-order valence-corrected chi connectivity index (χ0v) is 22.7. The molecular weight excluding hydrogens is 530 g/mol. The van der Waals surface area contributed by atoms with Gasteiger partial charge in [-0.2, -0.15) is 9.61 Å². The van der Waals surface area contributed by atoms with Gasteiger partial charge in [-0.3, -0.25) is 5.32 Å². The highest BCUT2D eigenvalue weighted by Gasteiger charge is 2.16. The number of anilines is 2. The van der Waals surface area contributed by atoms with Crippen LogP contribution in [0.3, 0.4) is 0 Å². The van der Waals surface area contributed by atoms with E-state index in [0.717, 1.165) is 27.1 Å². The van der Waals surface area contributed by atoms with Crippen LogP contribution in [-0.4, -0.2) is 26.3 Å². The van der Waals surface area contributed by atoms with Gasteiger partial charge in [0.2, 0.25) is 0 Å². The number of nitrogens with zero attached hydrogens (tertiary/aromatic N) is 3. The molecule has 1 amide bonds. The summed E-state index contributed by atoms with van der Waals surface area (Å²) in [5, 5.41) is 11.2. The van der Waals surface area contributed by atoms with Crippen LogP contribution in [0.2, 0.25) is 5.02 Å². The molecule has 0 atom stereocenters. The van der Waals surface area contributed by atoms with Crippen LogP contribution < -0.4 is 10.6 Å². The number of hydrogen-bond acceptors (Lipinski definition) is 5. The summed E-state index contributed by atoms with van der Waals surface area (Å²) in [5.74, 6) is 0.775. The SMILES string of the molecule is CC.CC(C)(C)OC(=O)Nc1ccc(CNc2cc(-c3ccccc3Cl)nc3c(Br)cnn23)cc1. The van der Waals surface area contributed by atoms with E-state index in [2.05, 4.69) is 31.7 Å². The molecular formula is C26H29BrClN5O2. The van der Waals surface area contributed by atoms with Crippen molar-refractivity contribution in [2.24, 2.45) is 0 Å². The minimum Gasteiger partial charge on any atom is -0.444 e. The first-order valence-corrected chi connectivity index (χ1v) is 12.5. The number of halogens is 2. The highest BCUT2D eigenvalue weighted by molar-refractivity contribution is 9.10. The van der Waals surface area contributed by atoms with Crippen molar-refractivity contribution in [3.63, 3.8) is 0 Å². The van der Waals surface area contributed by atoms with E-state index in [1.54, 1.807) is 10.7 Å². The Hall–Kier alpha value is -3.10. The maximum Gasteiger partial charge on any atom is 0.412 e. The molecule has 0 fully saturated rings. The van der Waals surface area contributed by atoms with Gasteiger partial charge in [-0.05, 0) is 60.5 Å². The Bertz CT molecular complexity index is 1300. The lowest BCUT2D eigenvalue weighted by Crippen LogP contribution is -2.27. The molecule has 4 rings (SSSR count). The van der Waals surface area contributed by atoms with E-state index in [-0.39, 0.29) is 0 Å². The van der Waals surface area contributed by atoms with Crippen molar-refractivity contribution in [1.82, 2.24) is 14.6 Å². The molecule has 9 heteroatoms. The summed E-state index contributed by atoms with van der Waals surface area (Å²) in [6.07, 6.45) is 1.23. The fourth-order valence-electron chi connectivity index (χ4n) is 3.19. The lowest BCUT2D eigenvalue weighted by atomic mass is 10.1. The molecule has 0 radical (unpaired) electrons. The number of amides is 1. The van der Waals surface area contributed by atoms with Crippen LogP contribution in [0.25, 0.3) is 16.9 Å². The Kier molecular flexibility index (Phi) is 8.75. The minimum atomic E-state index is -0.547. The van der Waals surface area contributed by atoms with Crippen LogP contribution in [0, 0.1) is 0 Å². The maximum atomic E-state index is 11.9. The van der Waals surface area contributed by atoms with Gasteiger partial charge in [0.25, 0.3) is 0 Å². The number of ether oxygens (including phenoxy) is 1. The molecule has 2 aromatic carbocycles. The summed E-state index contributed by atoms with van der Waals surface area (Å²) >= 11 is 9.92. The fraction of sp³-hybridized carbons (Fsp3) is 0.269. The molecule has 7 nitrogen and oxygen atoms in total. The van der Waals surface area contributed by atoms with Crippen molar-refractivity contribution >= 4 is 50.8 Å². The molecule has 2 heterocycles. The number of aromatic nitrogens is 3. The van der Waals surface area contributed by atoms with Crippen molar-refractivity contribution < 1.29 is 9.53 Å². The van der Waals surface area contributed by atoms with Gasteiger partial charge in [0.15, 0.2) is 5.65 Å². The summed E-state index contributed by atoms with van der Waals surface area (Å²) in [4.78, 5) is 16.7. The van der Waals surface area contributed by atoms with Crippen molar-refractivity contribution in [3.8, 4) is 11.3 Å². The van der Waals surface area contributed by atoms with E-state index in [1.807, 2.05) is 89.2 Å². The molecule has 0 saturated carbocycles. The van der Waals surface area contributed by atoms with Gasteiger partial charge in [-0.1, -0.05) is 55.8 Å². The third-order valence-electron chi connectivity index (χ3n) is 4.65. The molecule has 0 aliphatic rings. The van der Waals surface area contributed by atoms with Gasteiger partial charge in [0.05, 0.1) is 16.4 Å². The average molecular weight is 559 g/mol. The Labute approximate surface area is 219 Å². The van der Waals surface area contributed by atoms with Gasteiger partial charge >= 0.3 is 6.09 Å². The summed E-state index contributed by atoms with van der Waals surface area (Å²) in [5.41, 5.74) is 3.42. The van der Waals surface area contributed by atoms with Gasteiger partial charge < -0.3 is 10.1 Å². The van der Waals surface area contributed by atoms with Crippen LogP contribution in [0.5, 0.6) is 0 Å². The average Bonchev–Trinajstić information content (AvgIpc) is 3.19. The first-order valence-electron chi connectivity index (χ1n) is 11.3. The van der Waals surface area contributed by atoms with Gasteiger partial charge in [-0.15, -0.1) is 0 Å². The Balaban J connectivity index is 0.00000167. The molecule has 35 heavy (non-hydrogen) atoms. The molecule has 0 bridgehead atoms. The highest BCUT2D eigenvalue weighted by Crippen LogP contribution is 2.30. The quantitative estimate of drug-likeness (QED) is 0.261. The van der Waals surface area contributed by atoms with Crippen LogP contribution in [-0.2, 0) is 11.3 Å². The molecule has 4 aromatic rings. The summed E-state index contributed by atoms with van der Waals surface area (Å²) in [7, 11) is 0. The number of benzene rings is 2. The smallest absolute Gasteiger partial charge is 0.412 e. The lowest BCUT2D eigenvalue weighted by molar-refractivity contribution is 0.0636. The van der Waals surface area contributed by atoms with E-state index >= 15 is 0 Å². The minimum absolute atomic E-state index is 0.482. The number of hydrogen-bond donors (Lipinski definition) is 2. The molecule has 2 N–H and O–H groups in total. The summed E-state index contributed by atoms with van der Waals surface area (Å²) in [6.45, 7) is 10.0. The second-order valence-electron chi connectivity index (χ2n) is 8.41. The predicted octanol–water partition coefficient (Wildman–Crippen LogP) is 7.80. The highest BCUT2D eigenvalue weighted by atomic mass is 79.9. The third-order valence-corrected chi connectivity index (χ3v) is 5.54. The Morgan fingerprint density at radius 2 is 1.80 bits per heavy atom. The first kappa shape index (κ1) is 26.5. The molecule has 0 saturated heterocycles. The summed E-state index contributed by atoms with van der Waals surface area (Å²) < 4.78 is 7.81. The largest absolute Gasteiger partial charge is 0.444 e. The van der Waals surface area contributed by atoms with E-state index in [0.29, 0.717) is 22.9 Å². The van der Waals surface area contributed by atoms with Crippen LogP contribution in [0.1, 0.15) is 40.2 Å². The Morgan fingerprint density at radius 1 is 1.11 bits per heavy atom. The van der Waals surface area contributed by atoms with Crippen LogP contribution in [0.15, 0.2) is 65.3 Å². The molecule has 184 valence electrons. The number of carbonyl (C=O) groups excluding carboxylic acids is 1. The molecule has 0 unspecified atom stereocenters. The van der Waals surface area contributed by atoms with Crippen LogP contribution in [0.4, 0.5) is 16.3 Å². The van der Waals surface area contributed by atoms with Gasteiger partial charge in [-0.25, -0.2) is 9.78 Å². The first-order chi connectivity index (χ1) is 16.7. The van der Waals surface area contributed by atoms with Gasteiger partial charge in [0.1, 0.15) is 11.4 Å². The Morgan fingerprint density at radius 3 is 2.46 bits per heavy atom. The fourth-order valence-corrected chi connectivity index (χ4v) is 3.77. The van der Waals surface area contributed by atoms with E-state index in [9.17, 15) is 4.79 Å². The van der Waals surface area contributed by atoms with Crippen molar-refractivity contribution in [2.75, 3.05) is 10.6 Å². The second kappa shape index (κ2) is 11.6. The van der Waals surface area contributed by atoms with E-state index in [4.69, 9.17) is 21.3 Å². The molecule has 0 aliphatic heterocycles. The standard InChI is InChI=1S/C24H23BrClN5O2.C2H6/c1-24(2,3)33-23(32)29-16-10-8-15(9-11-16)13-27-21-12-20(17-6-4-5-7-19(17)26)30-22-18(25)14-28-31(21)22;1-2/h4-12,14,27H,13H2,1-3H3,(H,29,32);1-2H3. The normalized spacial score (nSPS) is 10.9. The number of fused-ring (bicyclic) bond motifs is 1. The maximum absolute atomic E-state index is 11.9. The monoisotopic (exact) mass is 557 g/mol. The summed E-state index contributed by atoms with van der Waals surface area (Å²) in [6, 6.07) is 17.1. The van der Waals surface area contributed by atoms with E-state index < -0.39 is 11.7 Å². The second-order valence-corrected chi connectivity index (χ2v) is 9.67. The predicted molar refractivity (Wildman–Crippen MR) is 146 cm³/mol. The molecule has 2 aromatic heterocycles. The van der Waals surface area contributed by atoms with Crippen molar-refractivity contribution in [2.45, 2.75) is 46.8 Å². The zero-order chi connectivity index (χ0) is 25.6. The molecule has 0 spiro atoms. The topological polar surface area (TPSA) is 80.5 Å². The third kappa shape index (κ3) is 6.96. The van der Waals surface area contributed by atoms with Crippen LogP contribution >= 0.6 is 27.5 Å². The molecule has 0 aliphatic carbocycles.